The Hall–Kier alpha value is -3.85. The summed E-state index contributed by atoms with van der Waals surface area (Å²) in [6.07, 6.45) is 1.33. The third kappa shape index (κ3) is 5.86. The van der Waals surface area contributed by atoms with Crippen molar-refractivity contribution in [1.82, 2.24) is 4.83 Å². The van der Waals surface area contributed by atoms with Crippen molar-refractivity contribution < 1.29 is 27.4 Å². The van der Waals surface area contributed by atoms with Crippen LogP contribution in [0.15, 0.2) is 82.8 Å². The van der Waals surface area contributed by atoms with Gasteiger partial charge in [0.2, 0.25) is 0 Å². The fourth-order valence-corrected chi connectivity index (χ4v) is 3.48. The lowest BCUT2D eigenvalue weighted by Crippen LogP contribution is -2.18. The molecule has 0 heterocycles. The van der Waals surface area contributed by atoms with Crippen LogP contribution in [-0.2, 0) is 10.0 Å². The monoisotopic (exact) mass is 454 g/mol. The highest BCUT2D eigenvalue weighted by atomic mass is 32.2. The number of esters is 1. The number of nitrogens with zero attached hydrogens (tertiary/aromatic N) is 1. The molecule has 0 aliphatic heterocycles. The van der Waals surface area contributed by atoms with Gasteiger partial charge in [0.15, 0.2) is 11.5 Å². The van der Waals surface area contributed by atoms with E-state index in [-0.39, 0.29) is 10.6 Å². The van der Waals surface area contributed by atoms with E-state index in [1.54, 1.807) is 74.7 Å². The molecule has 0 spiro atoms. The average Bonchev–Trinajstić information content (AvgIpc) is 2.81. The minimum Gasteiger partial charge on any atom is -0.497 e. The molecule has 1 N–H and O–H groups in total. The van der Waals surface area contributed by atoms with E-state index in [9.17, 15) is 13.2 Å². The van der Waals surface area contributed by atoms with E-state index >= 15 is 0 Å². The third-order valence-electron chi connectivity index (χ3n) is 4.24. The van der Waals surface area contributed by atoms with Gasteiger partial charge in [0.05, 0.1) is 30.4 Å². The molecule has 3 aromatic rings. The second kappa shape index (κ2) is 10.5. The van der Waals surface area contributed by atoms with Gasteiger partial charge < -0.3 is 14.2 Å². The number of nitrogens with one attached hydrogen (secondary N) is 1. The third-order valence-corrected chi connectivity index (χ3v) is 5.47. The summed E-state index contributed by atoms with van der Waals surface area (Å²) in [7, 11) is -2.23. The number of benzene rings is 3. The van der Waals surface area contributed by atoms with Crippen LogP contribution in [0.4, 0.5) is 0 Å². The minimum absolute atomic E-state index is 0.105. The zero-order chi connectivity index (χ0) is 23.0. The van der Waals surface area contributed by atoms with Crippen molar-refractivity contribution in [3.05, 3.63) is 83.9 Å². The molecular formula is C23H22N2O6S. The Labute approximate surface area is 186 Å². The number of rotatable bonds is 9. The molecule has 3 rings (SSSR count). The Morgan fingerprint density at radius 1 is 1.00 bits per heavy atom. The average molecular weight is 455 g/mol. The first-order valence-corrected chi connectivity index (χ1v) is 11.1. The Kier molecular flexibility index (Phi) is 7.45. The minimum atomic E-state index is -3.77. The quantitative estimate of drug-likeness (QED) is 0.229. The molecule has 0 aliphatic carbocycles. The maximum atomic E-state index is 12.5. The predicted molar refractivity (Wildman–Crippen MR) is 120 cm³/mol. The molecule has 0 saturated heterocycles. The lowest BCUT2D eigenvalue weighted by atomic mass is 10.2. The number of carbonyl (C=O) groups excluding carboxylic acids is 1. The first kappa shape index (κ1) is 22.8. The van der Waals surface area contributed by atoms with Gasteiger partial charge in [-0.05, 0) is 67.1 Å². The van der Waals surface area contributed by atoms with Crippen LogP contribution in [0.5, 0.6) is 17.2 Å². The predicted octanol–water partition coefficient (Wildman–Crippen LogP) is 3.63. The van der Waals surface area contributed by atoms with Crippen molar-refractivity contribution in [1.29, 1.82) is 0 Å². The highest BCUT2D eigenvalue weighted by Gasteiger charge is 2.14. The second-order valence-electron chi connectivity index (χ2n) is 6.42. The van der Waals surface area contributed by atoms with Gasteiger partial charge in [-0.3, -0.25) is 0 Å². The Bertz CT molecular complexity index is 1190. The number of hydrogen-bond acceptors (Lipinski definition) is 7. The molecule has 0 aromatic heterocycles. The fraction of sp³-hybridized carbons (Fsp3) is 0.130. The topological polar surface area (TPSA) is 103 Å². The van der Waals surface area contributed by atoms with Gasteiger partial charge in [0.25, 0.3) is 10.0 Å². The largest absolute Gasteiger partial charge is 0.497 e. The lowest BCUT2D eigenvalue weighted by Gasteiger charge is -2.11. The van der Waals surface area contributed by atoms with E-state index in [1.165, 1.54) is 18.3 Å². The highest BCUT2D eigenvalue weighted by Crippen LogP contribution is 2.29. The Morgan fingerprint density at radius 2 is 1.72 bits per heavy atom. The Morgan fingerprint density at radius 3 is 2.38 bits per heavy atom. The number of sulfonamides is 1. The molecule has 0 saturated carbocycles. The van der Waals surface area contributed by atoms with Gasteiger partial charge in [0, 0.05) is 0 Å². The molecule has 9 heteroatoms. The summed E-state index contributed by atoms with van der Waals surface area (Å²) in [6, 6.07) is 19.2. The van der Waals surface area contributed by atoms with Crippen molar-refractivity contribution in [3.63, 3.8) is 0 Å². The van der Waals surface area contributed by atoms with E-state index in [0.29, 0.717) is 29.2 Å². The van der Waals surface area contributed by atoms with Gasteiger partial charge >= 0.3 is 5.97 Å². The summed E-state index contributed by atoms with van der Waals surface area (Å²) in [4.78, 5) is 14.7. The van der Waals surface area contributed by atoms with Crippen LogP contribution in [0.2, 0.25) is 0 Å². The molecule has 3 aromatic carbocycles. The lowest BCUT2D eigenvalue weighted by molar-refractivity contribution is 0.0728. The highest BCUT2D eigenvalue weighted by molar-refractivity contribution is 7.89. The van der Waals surface area contributed by atoms with Crippen LogP contribution in [0.1, 0.15) is 22.8 Å². The zero-order valence-corrected chi connectivity index (χ0v) is 18.3. The van der Waals surface area contributed by atoms with E-state index in [0.717, 1.165) is 0 Å². The van der Waals surface area contributed by atoms with Gasteiger partial charge in [-0.1, -0.05) is 18.2 Å². The van der Waals surface area contributed by atoms with Crippen LogP contribution >= 0.6 is 0 Å². The van der Waals surface area contributed by atoms with Gasteiger partial charge in [0.1, 0.15) is 5.75 Å². The van der Waals surface area contributed by atoms with Crippen molar-refractivity contribution in [3.8, 4) is 17.2 Å². The number of hydrazone groups is 1. The van der Waals surface area contributed by atoms with E-state index < -0.39 is 16.0 Å². The first-order valence-electron chi connectivity index (χ1n) is 9.66. The summed E-state index contributed by atoms with van der Waals surface area (Å²) in [5.74, 6) is 0.632. The maximum absolute atomic E-state index is 12.5. The standard InChI is InChI=1S/C23H22N2O6S/c1-3-30-22-15-17(16-24-25-32(27,28)20-7-5-4-6-8-20)9-14-21(22)31-23(26)18-10-12-19(29-2)13-11-18/h4-16,25H,3H2,1-2H3/b24-16+. The van der Waals surface area contributed by atoms with Crippen LogP contribution < -0.4 is 19.0 Å². The van der Waals surface area contributed by atoms with Crippen LogP contribution in [0.3, 0.4) is 0 Å². The van der Waals surface area contributed by atoms with Crippen molar-refractivity contribution in [2.75, 3.05) is 13.7 Å². The van der Waals surface area contributed by atoms with Crippen molar-refractivity contribution >= 4 is 22.2 Å². The molecule has 0 bridgehead atoms. The van der Waals surface area contributed by atoms with E-state index in [4.69, 9.17) is 14.2 Å². The number of carbonyl (C=O) groups is 1. The SMILES string of the molecule is CCOc1cc(/C=N/NS(=O)(=O)c2ccccc2)ccc1OC(=O)c1ccc(OC)cc1. The molecule has 0 amide bonds. The molecule has 0 atom stereocenters. The zero-order valence-electron chi connectivity index (χ0n) is 17.5. The maximum Gasteiger partial charge on any atom is 0.343 e. The molecule has 0 fully saturated rings. The second-order valence-corrected chi connectivity index (χ2v) is 8.08. The van der Waals surface area contributed by atoms with E-state index in [1.807, 2.05) is 0 Å². The van der Waals surface area contributed by atoms with Crippen LogP contribution in [-0.4, -0.2) is 34.3 Å². The normalized spacial score (nSPS) is 11.2. The fourth-order valence-electron chi connectivity index (χ4n) is 2.67. The summed E-state index contributed by atoms with van der Waals surface area (Å²) >= 11 is 0. The smallest absolute Gasteiger partial charge is 0.343 e. The molecule has 0 radical (unpaired) electrons. The summed E-state index contributed by atoms with van der Waals surface area (Å²) in [5, 5.41) is 3.81. The molecule has 0 aliphatic rings. The van der Waals surface area contributed by atoms with Crippen molar-refractivity contribution in [2.24, 2.45) is 5.10 Å². The van der Waals surface area contributed by atoms with Gasteiger partial charge in [-0.15, -0.1) is 0 Å². The molecule has 0 unspecified atom stereocenters. The Balaban J connectivity index is 1.73. The summed E-state index contributed by atoms with van der Waals surface area (Å²) in [5.41, 5.74) is 0.905. The number of methoxy groups -OCH3 is 1. The van der Waals surface area contributed by atoms with Crippen LogP contribution in [0, 0.1) is 0 Å². The molecule has 8 nitrogen and oxygen atoms in total. The van der Waals surface area contributed by atoms with Crippen molar-refractivity contribution in [2.45, 2.75) is 11.8 Å². The summed E-state index contributed by atoms with van der Waals surface area (Å²) in [6.45, 7) is 2.14. The number of ether oxygens (including phenoxy) is 3. The summed E-state index contributed by atoms with van der Waals surface area (Å²) < 4.78 is 40.6. The van der Waals surface area contributed by atoms with Gasteiger partial charge in [-0.25, -0.2) is 9.63 Å². The molecule has 166 valence electrons. The molecule has 32 heavy (non-hydrogen) atoms. The first-order chi connectivity index (χ1) is 15.4. The number of hydrogen-bond donors (Lipinski definition) is 1. The van der Waals surface area contributed by atoms with Gasteiger partial charge in [-0.2, -0.15) is 13.5 Å². The van der Waals surface area contributed by atoms with E-state index in [2.05, 4.69) is 9.93 Å². The molecular weight excluding hydrogens is 432 g/mol. The van der Waals surface area contributed by atoms with Crippen LogP contribution in [0.25, 0.3) is 0 Å².